The molecule has 0 saturated carbocycles. The average molecular weight is 406 g/mol. The Kier molecular flexibility index (Phi) is 5.91. The Morgan fingerprint density at radius 2 is 1.72 bits per heavy atom. The van der Waals surface area contributed by atoms with Crippen LogP contribution in [-0.4, -0.2) is 59.8 Å². The minimum absolute atomic E-state index is 0.118. The lowest BCUT2D eigenvalue weighted by Gasteiger charge is -2.41. The first-order valence-corrected chi connectivity index (χ1v) is 9.72. The Morgan fingerprint density at radius 3 is 2.21 bits per heavy atom. The van der Waals surface area contributed by atoms with Gasteiger partial charge in [0.2, 0.25) is 0 Å². The van der Waals surface area contributed by atoms with E-state index in [1.54, 1.807) is 65.0 Å². The number of carbonyl (C=O) groups excluding carboxylic acids is 1. The zero-order valence-corrected chi connectivity index (χ0v) is 17.6. The maximum absolute atomic E-state index is 12.9. The predicted molar refractivity (Wildman–Crippen MR) is 105 cm³/mol. The van der Waals surface area contributed by atoms with Crippen LogP contribution in [0.15, 0.2) is 42.5 Å². The summed E-state index contributed by atoms with van der Waals surface area (Å²) < 4.78 is 29.1. The van der Waals surface area contributed by atoms with E-state index in [1.807, 2.05) is 0 Å². The summed E-state index contributed by atoms with van der Waals surface area (Å²) in [6.07, 6.45) is -2.63. The first-order chi connectivity index (χ1) is 13.4. The lowest BCUT2D eigenvalue weighted by Crippen LogP contribution is -2.60. The fraction of sp³-hybridized carbons (Fsp3) is 0.591. The molecule has 4 atom stereocenters. The van der Waals surface area contributed by atoms with Gasteiger partial charge in [0.15, 0.2) is 23.3 Å². The molecule has 7 heteroatoms. The highest BCUT2D eigenvalue weighted by Crippen LogP contribution is 2.40. The molecule has 2 aliphatic rings. The maximum atomic E-state index is 12.9. The van der Waals surface area contributed by atoms with E-state index in [9.17, 15) is 9.90 Å². The van der Waals surface area contributed by atoms with Gasteiger partial charge >= 0.3 is 5.97 Å². The van der Waals surface area contributed by atoms with Gasteiger partial charge in [0.05, 0.1) is 18.8 Å². The van der Waals surface area contributed by atoms with E-state index in [2.05, 4.69) is 6.58 Å². The van der Waals surface area contributed by atoms with Crippen molar-refractivity contribution in [1.82, 2.24) is 0 Å². The molecule has 29 heavy (non-hydrogen) atoms. The standard InChI is InChI=1S/C22H30O7/c1-14(2)22(24,17-13-26-21(5,6)29-17)18(16-12-25-20(3,4)28-16)27-19(23)15-10-8-7-9-11-15/h7-11,16-18,24H,1,12-13H2,2-6H3/t16-,17-,18-,22-/m1/s1. The number of aliphatic hydroxyl groups is 1. The molecule has 2 heterocycles. The van der Waals surface area contributed by atoms with Crippen LogP contribution in [0.4, 0.5) is 0 Å². The monoisotopic (exact) mass is 406 g/mol. The lowest BCUT2D eigenvalue weighted by molar-refractivity contribution is -0.207. The third-order valence-corrected chi connectivity index (χ3v) is 5.23. The molecule has 0 aromatic heterocycles. The van der Waals surface area contributed by atoms with Crippen molar-refractivity contribution in [2.45, 2.75) is 70.1 Å². The van der Waals surface area contributed by atoms with Gasteiger partial charge in [-0.15, -0.1) is 0 Å². The van der Waals surface area contributed by atoms with Crippen LogP contribution in [0.25, 0.3) is 0 Å². The molecule has 2 saturated heterocycles. The molecule has 0 bridgehead atoms. The van der Waals surface area contributed by atoms with Gasteiger partial charge in [-0.05, 0) is 52.3 Å². The van der Waals surface area contributed by atoms with Crippen LogP contribution < -0.4 is 0 Å². The molecule has 1 aromatic carbocycles. The molecule has 0 unspecified atom stereocenters. The number of esters is 1. The van der Waals surface area contributed by atoms with Gasteiger partial charge in [-0.3, -0.25) is 0 Å². The second-order valence-corrected chi connectivity index (χ2v) is 8.48. The lowest BCUT2D eigenvalue weighted by atomic mass is 9.81. The maximum Gasteiger partial charge on any atom is 0.338 e. The summed E-state index contributed by atoms with van der Waals surface area (Å²) in [5.41, 5.74) is -1.00. The third kappa shape index (κ3) is 4.54. The number of benzene rings is 1. The summed E-state index contributed by atoms with van der Waals surface area (Å²) in [5.74, 6) is -2.33. The smallest absolute Gasteiger partial charge is 0.338 e. The van der Waals surface area contributed by atoms with Crippen molar-refractivity contribution in [3.05, 3.63) is 48.0 Å². The average Bonchev–Trinajstić information content (AvgIpc) is 3.20. The number of rotatable bonds is 6. The third-order valence-electron chi connectivity index (χ3n) is 5.23. The highest BCUT2D eigenvalue weighted by Gasteiger charge is 2.57. The Morgan fingerprint density at radius 1 is 1.14 bits per heavy atom. The number of ether oxygens (including phenoxy) is 5. The van der Waals surface area contributed by atoms with Crippen molar-refractivity contribution in [2.24, 2.45) is 0 Å². The molecule has 1 N–H and O–H groups in total. The zero-order valence-electron chi connectivity index (χ0n) is 17.6. The SMILES string of the molecule is C=C(C)[C@](O)([C@H](OC(=O)c1ccccc1)[C@H]1COC(C)(C)O1)[C@H]1COC(C)(C)O1. The zero-order chi connectivity index (χ0) is 21.4. The summed E-state index contributed by atoms with van der Waals surface area (Å²) >= 11 is 0. The van der Waals surface area contributed by atoms with Crippen molar-refractivity contribution in [3.8, 4) is 0 Å². The molecule has 3 rings (SSSR count). The number of carbonyl (C=O) groups is 1. The largest absolute Gasteiger partial charge is 0.452 e. The topological polar surface area (TPSA) is 83.5 Å². The Hall–Kier alpha value is -1.77. The van der Waals surface area contributed by atoms with Crippen LogP contribution in [0.3, 0.4) is 0 Å². The predicted octanol–water partition coefficient (Wildman–Crippen LogP) is 2.82. The molecule has 0 spiro atoms. The second kappa shape index (κ2) is 7.81. The van der Waals surface area contributed by atoms with E-state index in [-0.39, 0.29) is 13.2 Å². The molecular formula is C22H30O7. The van der Waals surface area contributed by atoms with Gasteiger partial charge in [-0.1, -0.05) is 24.8 Å². The minimum atomic E-state index is -1.74. The van der Waals surface area contributed by atoms with Crippen LogP contribution >= 0.6 is 0 Å². The molecule has 2 fully saturated rings. The van der Waals surface area contributed by atoms with Crippen LogP contribution in [0.1, 0.15) is 45.0 Å². The van der Waals surface area contributed by atoms with Gasteiger partial charge in [0.1, 0.15) is 12.2 Å². The molecule has 2 aliphatic heterocycles. The van der Waals surface area contributed by atoms with Crippen LogP contribution in [0, 0.1) is 0 Å². The van der Waals surface area contributed by atoms with Gasteiger partial charge in [-0.25, -0.2) is 4.79 Å². The van der Waals surface area contributed by atoms with E-state index < -0.39 is 41.5 Å². The fourth-order valence-electron chi connectivity index (χ4n) is 3.68. The molecule has 0 aliphatic carbocycles. The van der Waals surface area contributed by atoms with E-state index in [0.29, 0.717) is 11.1 Å². The van der Waals surface area contributed by atoms with Crippen molar-refractivity contribution in [2.75, 3.05) is 13.2 Å². The summed E-state index contributed by atoms with van der Waals surface area (Å²) in [4.78, 5) is 12.9. The molecule has 7 nitrogen and oxygen atoms in total. The summed E-state index contributed by atoms with van der Waals surface area (Å²) in [6, 6.07) is 8.58. The number of hydrogen-bond acceptors (Lipinski definition) is 7. The Balaban J connectivity index is 1.96. The highest BCUT2D eigenvalue weighted by molar-refractivity contribution is 5.89. The van der Waals surface area contributed by atoms with Crippen LogP contribution in [0.2, 0.25) is 0 Å². The van der Waals surface area contributed by atoms with Crippen molar-refractivity contribution in [1.29, 1.82) is 0 Å². The van der Waals surface area contributed by atoms with Crippen LogP contribution in [-0.2, 0) is 23.7 Å². The van der Waals surface area contributed by atoms with E-state index >= 15 is 0 Å². The number of hydrogen-bond donors (Lipinski definition) is 1. The minimum Gasteiger partial charge on any atom is -0.452 e. The van der Waals surface area contributed by atoms with E-state index in [4.69, 9.17) is 23.7 Å². The Labute approximate surface area is 171 Å². The van der Waals surface area contributed by atoms with Crippen LogP contribution in [0.5, 0.6) is 0 Å². The summed E-state index contributed by atoms with van der Waals surface area (Å²) in [7, 11) is 0. The summed E-state index contributed by atoms with van der Waals surface area (Å²) in [5, 5.41) is 11.8. The van der Waals surface area contributed by atoms with Crippen molar-refractivity contribution >= 4 is 5.97 Å². The molecular weight excluding hydrogens is 376 g/mol. The van der Waals surface area contributed by atoms with E-state index in [0.717, 1.165) is 0 Å². The second-order valence-electron chi connectivity index (χ2n) is 8.48. The molecule has 0 amide bonds. The first kappa shape index (κ1) is 21.9. The first-order valence-electron chi connectivity index (χ1n) is 9.72. The van der Waals surface area contributed by atoms with Crippen molar-refractivity contribution < 1.29 is 33.6 Å². The van der Waals surface area contributed by atoms with Gasteiger partial charge in [-0.2, -0.15) is 0 Å². The molecule has 0 radical (unpaired) electrons. The fourth-order valence-corrected chi connectivity index (χ4v) is 3.68. The Bertz CT molecular complexity index is 758. The molecule has 160 valence electrons. The summed E-state index contributed by atoms with van der Waals surface area (Å²) in [6.45, 7) is 12.9. The van der Waals surface area contributed by atoms with Crippen molar-refractivity contribution in [3.63, 3.8) is 0 Å². The van der Waals surface area contributed by atoms with Gasteiger partial charge in [0, 0.05) is 0 Å². The van der Waals surface area contributed by atoms with Gasteiger partial charge in [0.25, 0.3) is 0 Å². The van der Waals surface area contributed by atoms with Gasteiger partial charge < -0.3 is 28.8 Å². The quantitative estimate of drug-likeness (QED) is 0.574. The van der Waals surface area contributed by atoms with E-state index in [1.165, 1.54) is 0 Å². The molecule has 1 aromatic rings. The highest BCUT2D eigenvalue weighted by atomic mass is 16.8. The normalized spacial score (nSPS) is 28.5.